The molecule has 0 saturated carbocycles. The highest BCUT2D eigenvalue weighted by atomic mass is 32.2. The molecule has 3 aromatic carbocycles. The number of ether oxygens (including phenoxy) is 1. The van der Waals surface area contributed by atoms with Crippen molar-refractivity contribution in [3.63, 3.8) is 0 Å². The number of nitrogens with zero attached hydrogens (tertiary/aromatic N) is 2. The minimum atomic E-state index is -0.0595. The molecule has 1 N–H and O–H groups in total. The SMILES string of the molecule is CSc1ccccc1N1CCN(C(=O)Nc2ccc(OCc3ccccc3)cc2)CC1. The Morgan fingerprint density at radius 1 is 0.903 bits per heavy atom. The molecule has 0 bridgehead atoms. The van der Waals surface area contributed by atoms with Crippen LogP contribution in [-0.4, -0.2) is 43.4 Å². The fourth-order valence-corrected chi connectivity index (χ4v) is 4.24. The minimum Gasteiger partial charge on any atom is -0.489 e. The van der Waals surface area contributed by atoms with Gasteiger partial charge in [-0.15, -0.1) is 11.8 Å². The number of hydrogen-bond acceptors (Lipinski definition) is 4. The summed E-state index contributed by atoms with van der Waals surface area (Å²) in [5, 5.41) is 3.00. The lowest BCUT2D eigenvalue weighted by atomic mass is 10.2. The summed E-state index contributed by atoms with van der Waals surface area (Å²) >= 11 is 1.76. The van der Waals surface area contributed by atoms with Crippen LogP contribution in [0.25, 0.3) is 0 Å². The lowest BCUT2D eigenvalue weighted by Crippen LogP contribution is -2.50. The Hall–Kier alpha value is -3.12. The van der Waals surface area contributed by atoms with Gasteiger partial charge >= 0.3 is 6.03 Å². The normalized spacial score (nSPS) is 13.7. The number of urea groups is 1. The summed E-state index contributed by atoms with van der Waals surface area (Å²) in [4.78, 5) is 18.2. The third-order valence-electron chi connectivity index (χ3n) is 5.35. The van der Waals surface area contributed by atoms with Gasteiger partial charge in [-0.2, -0.15) is 0 Å². The zero-order chi connectivity index (χ0) is 21.5. The number of thioether (sulfide) groups is 1. The third-order valence-corrected chi connectivity index (χ3v) is 6.13. The molecule has 1 fully saturated rings. The summed E-state index contributed by atoms with van der Waals surface area (Å²) in [5.41, 5.74) is 3.15. The number of para-hydroxylation sites is 1. The highest BCUT2D eigenvalue weighted by Gasteiger charge is 2.22. The second-order valence-electron chi connectivity index (χ2n) is 7.37. The maximum absolute atomic E-state index is 12.7. The summed E-state index contributed by atoms with van der Waals surface area (Å²) < 4.78 is 5.81. The van der Waals surface area contributed by atoms with E-state index in [2.05, 4.69) is 40.7 Å². The monoisotopic (exact) mass is 433 g/mol. The van der Waals surface area contributed by atoms with Crippen LogP contribution in [0.4, 0.5) is 16.2 Å². The number of carbonyl (C=O) groups is 1. The zero-order valence-corrected chi connectivity index (χ0v) is 18.5. The van der Waals surface area contributed by atoms with Crippen molar-refractivity contribution in [2.24, 2.45) is 0 Å². The van der Waals surface area contributed by atoms with Gasteiger partial charge in [-0.25, -0.2) is 4.79 Å². The average Bonchev–Trinajstić information content (AvgIpc) is 2.84. The molecule has 4 rings (SSSR count). The van der Waals surface area contributed by atoms with E-state index < -0.39 is 0 Å². The van der Waals surface area contributed by atoms with Crippen LogP contribution >= 0.6 is 11.8 Å². The maximum Gasteiger partial charge on any atom is 0.321 e. The summed E-state index contributed by atoms with van der Waals surface area (Å²) in [6.45, 7) is 3.59. The molecule has 31 heavy (non-hydrogen) atoms. The van der Waals surface area contributed by atoms with Gasteiger partial charge in [0, 0.05) is 36.8 Å². The number of carbonyl (C=O) groups excluding carboxylic acids is 1. The standard InChI is InChI=1S/C25H27N3O2S/c1-31-24-10-6-5-9-23(24)27-15-17-28(18-16-27)25(29)26-21-11-13-22(14-12-21)30-19-20-7-3-2-4-8-20/h2-14H,15-19H2,1H3,(H,26,29). The molecule has 0 atom stereocenters. The van der Waals surface area contributed by atoms with Crippen molar-refractivity contribution in [3.8, 4) is 5.75 Å². The predicted molar refractivity (Wildman–Crippen MR) is 128 cm³/mol. The van der Waals surface area contributed by atoms with Crippen molar-refractivity contribution in [1.29, 1.82) is 0 Å². The number of benzene rings is 3. The molecule has 1 aliphatic rings. The lowest BCUT2D eigenvalue weighted by Gasteiger charge is -2.36. The molecule has 160 valence electrons. The first-order valence-electron chi connectivity index (χ1n) is 10.4. The molecule has 0 unspecified atom stereocenters. The highest BCUT2D eigenvalue weighted by Crippen LogP contribution is 2.29. The second-order valence-corrected chi connectivity index (χ2v) is 8.22. The van der Waals surface area contributed by atoms with Gasteiger partial charge in [-0.1, -0.05) is 42.5 Å². The first-order chi connectivity index (χ1) is 15.2. The van der Waals surface area contributed by atoms with Gasteiger partial charge in [-0.05, 0) is 48.2 Å². The number of rotatable bonds is 6. The summed E-state index contributed by atoms with van der Waals surface area (Å²) in [7, 11) is 0. The van der Waals surface area contributed by atoms with Gasteiger partial charge < -0.3 is 19.9 Å². The molecule has 5 nitrogen and oxygen atoms in total. The quantitative estimate of drug-likeness (QED) is 0.533. The Morgan fingerprint density at radius 3 is 2.29 bits per heavy atom. The highest BCUT2D eigenvalue weighted by molar-refractivity contribution is 7.98. The molecular formula is C25H27N3O2S. The number of piperazine rings is 1. The Morgan fingerprint density at radius 2 is 1.58 bits per heavy atom. The third kappa shape index (κ3) is 5.52. The molecule has 0 spiro atoms. The van der Waals surface area contributed by atoms with E-state index in [4.69, 9.17) is 4.74 Å². The van der Waals surface area contributed by atoms with Gasteiger partial charge in [0.1, 0.15) is 12.4 Å². The predicted octanol–water partition coefficient (Wildman–Crippen LogP) is 5.34. The van der Waals surface area contributed by atoms with E-state index in [9.17, 15) is 4.79 Å². The largest absolute Gasteiger partial charge is 0.489 e. The lowest BCUT2D eigenvalue weighted by molar-refractivity contribution is 0.208. The van der Waals surface area contributed by atoms with E-state index in [1.165, 1.54) is 10.6 Å². The minimum absolute atomic E-state index is 0.0595. The van der Waals surface area contributed by atoms with E-state index in [-0.39, 0.29) is 6.03 Å². The van der Waals surface area contributed by atoms with E-state index >= 15 is 0 Å². The molecule has 2 amide bonds. The molecule has 6 heteroatoms. The Balaban J connectivity index is 1.27. The molecule has 1 aliphatic heterocycles. The maximum atomic E-state index is 12.7. The first kappa shape index (κ1) is 21.1. The van der Waals surface area contributed by atoms with Gasteiger partial charge in [0.05, 0.1) is 5.69 Å². The van der Waals surface area contributed by atoms with Crippen LogP contribution in [0, 0.1) is 0 Å². The van der Waals surface area contributed by atoms with Crippen LogP contribution in [-0.2, 0) is 6.61 Å². The van der Waals surface area contributed by atoms with E-state index in [1.54, 1.807) is 11.8 Å². The zero-order valence-electron chi connectivity index (χ0n) is 17.7. The van der Waals surface area contributed by atoms with Crippen LogP contribution < -0.4 is 15.0 Å². The van der Waals surface area contributed by atoms with Crippen molar-refractivity contribution in [2.75, 3.05) is 42.7 Å². The first-order valence-corrected chi connectivity index (χ1v) is 11.7. The molecule has 1 saturated heterocycles. The number of nitrogens with one attached hydrogen (secondary N) is 1. The van der Waals surface area contributed by atoms with Gasteiger partial charge in [-0.3, -0.25) is 0 Å². The number of hydrogen-bond donors (Lipinski definition) is 1. The molecule has 1 heterocycles. The van der Waals surface area contributed by atoms with E-state index in [0.717, 1.165) is 30.1 Å². The fraction of sp³-hybridized carbons (Fsp3) is 0.240. The van der Waals surface area contributed by atoms with E-state index in [1.807, 2.05) is 59.5 Å². The van der Waals surface area contributed by atoms with Crippen LogP contribution in [0.3, 0.4) is 0 Å². The summed E-state index contributed by atoms with van der Waals surface area (Å²) in [6.07, 6.45) is 2.10. The van der Waals surface area contributed by atoms with Crippen molar-refractivity contribution in [2.45, 2.75) is 11.5 Å². The Labute approximate surface area is 188 Å². The smallest absolute Gasteiger partial charge is 0.321 e. The van der Waals surface area contributed by atoms with Gasteiger partial charge in [0.2, 0.25) is 0 Å². The van der Waals surface area contributed by atoms with Crippen LogP contribution in [0.1, 0.15) is 5.56 Å². The summed E-state index contributed by atoms with van der Waals surface area (Å²) in [6, 6.07) is 26.0. The average molecular weight is 434 g/mol. The van der Waals surface area contributed by atoms with Crippen LogP contribution in [0.2, 0.25) is 0 Å². The van der Waals surface area contributed by atoms with Gasteiger partial charge in [0.25, 0.3) is 0 Å². The number of amides is 2. The van der Waals surface area contributed by atoms with Crippen LogP contribution in [0.5, 0.6) is 5.75 Å². The second kappa shape index (κ2) is 10.3. The molecular weight excluding hydrogens is 406 g/mol. The molecule has 0 aliphatic carbocycles. The van der Waals surface area contributed by atoms with Crippen molar-refractivity contribution < 1.29 is 9.53 Å². The van der Waals surface area contributed by atoms with Gasteiger partial charge in [0.15, 0.2) is 0 Å². The van der Waals surface area contributed by atoms with Crippen LogP contribution in [0.15, 0.2) is 83.8 Å². The number of anilines is 2. The van der Waals surface area contributed by atoms with Crippen molar-refractivity contribution in [3.05, 3.63) is 84.4 Å². The molecule has 0 aromatic heterocycles. The van der Waals surface area contributed by atoms with Crippen molar-refractivity contribution >= 4 is 29.2 Å². The Bertz CT molecular complexity index is 987. The fourth-order valence-electron chi connectivity index (χ4n) is 3.62. The summed E-state index contributed by atoms with van der Waals surface area (Å²) in [5.74, 6) is 0.780. The Kier molecular flexibility index (Phi) is 6.99. The van der Waals surface area contributed by atoms with Crippen molar-refractivity contribution in [1.82, 2.24) is 4.90 Å². The topological polar surface area (TPSA) is 44.8 Å². The van der Waals surface area contributed by atoms with E-state index in [0.29, 0.717) is 19.7 Å². The molecule has 3 aromatic rings. The molecule has 0 radical (unpaired) electrons.